The predicted octanol–water partition coefficient (Wildman–Crippen LogP) is 2.67. The molecule has 1 amide bonds. The summed E-state index contributed by atoms with van der Waals surface area (Å²) in [5, 5.41) is 0. The molecule has 0 aliphatic carbocycles. The summed E-state index contributed by atoms with van der Waals surface area (Å²) in [6.07, 6.45) is 2.36. The van der Waals surface area contributed by atoms with Crippen LogP contribution in [0.4, 0.5) is 0 Å². The van der Waals surface area contributed by atoms with E-state index in [0.29, 0.717) is 6.42 Å². The van der Waals surface area contributed by atoms with Gasteiger partial charge in [-0.15, -0.1) is 0 Å². The van der Waals surface area contributed by atoms with Crippen LogP contribution in [0, 0.1) is 0 Å². The Morgan fingerprint density at radius 2 is 1.75 bits per heavy atom. The second-order valence-corrected chi connectivity index (χ2v) is 7.36. The largest absolute Gasteiger partial charge is 0.368 e. The van der Waals surface area contributed by atoms with Gasteiger partial charge in [0.05, 0.1) is 34.2 Å². The maximum Gasteiger partial charge on any atom is 0.234 e. The van der Waals surface area contributed by atoms with Crippen LogP contribution in [0.2, 0.25) is 0 Å². The molecule has 7 heteroatoms. The zero-order valence-corrected chi connectivity index (χ0v) is 15.4. The van der Waals surface area contributed by atoms with Crippen molar-refractivity contribution in [2.45, 2.75) is 31.3 Å². The number of likely N-dealkylation sites (tertiary alicyclic amines) is 1. The highest BCUT2D eigenvalue weighted by Gasteiger charge is 2.36. The van der Waals surface area contributed by atoms with Gasteiger partial charge in [-0.05, 0) is 43.7 Å². The van der Waals surface area contributed by atoms with Gasteiger partial charge in [-0.2, -0.15) is 0 Å². The molecule has 1 saturated heterocycles. The quantitative estimate of drug-likeness (QED) is 0.499. The van der Waals surface area contributed by atoms with E-state index in [1.165, 1.54) is 0 Å². The fourth-order valence-corrected chi connectivity index (χ4v) is 4.25. The summed E-state index contributed by atoms with van der Waals surface area (Å²) in [6.45, 7) is 0.815. The van der Waals surface area contributed by atoms with Crippen LogP contribution in [0.1, 0.15) is 30.5 Å². The minimum Gasteiger partial charge on any atom is -0.368 e. The van der Waals surface area contributed by atoms with E-state index in [0.717, 1.165) is 53.1 Å². The van der Waals surface area contributed by atoms with Crippen molar-refractivity contribution in [3.63, 3.8) is 0 Å². The Labute approximate surface area is 162 Å². The Balaban J connectivity index is 1.56. The number of aromatic nitrogens is 4. The molecule has 28 heavy (non-hydrogen) atoms. The van der Waals surface area contributed by atoms with Gasteiger partial charge in [0.1, 0.15) is 11.6 Å². The second-order valence-electron chi connectivity index (χ2n) is 7.36. The van der Waals surface area contributed by atoms with Crippen LogP contribution in [0.25, 0.3) is 22.1 Å². The Hall–Kier alpha value is -3.19. The van der Waals surface area contributed by atoms with Gasteiger partial charge >= 0.3 is 0 Å². The highest BCUT2D eigenvalue weighted by molar-refractivity contribution is 5.80. The zero-order chi connectivity index (χ0) is 19.1. The summed E-state index contributed by atoms with van der Waals surface area (Å²) in [5.74, 6) is 1.44. The number of hydrogen-bond donors (Lipinski definition) is 3. The molecule has 4 N–H and O–H groups in total. The number of amides is 1. The summed E-state index contributed by atoms with van der Waals surface area (Å²) in [7, 11) is 0. The van der Waals surface area contributed by atoms with Crippen LogP contribution in [-0.4, -0.2) is 43.3 Å². The highest BCUT2D eigenvalue weighted by atomic mass is 16.1. The van der Waals surface area contributed by atoms with Crippen molar-refractivity contribution in [3.8, 4) is 0 Å². The first-order valence-electron chi connectivity index (χ1n) is 9.62. The number of nitrogens with zero attached hydrogens (tertiary/aromatic N) is 3. The average molecular weight is 374 g/mol. The van der Waals surface area contributed by atoms with Crippen molar-refractivity contribution in [3.05, 3.63) is 60.2 Å². The first-order valence-corrected chi connectivity index (χ1v) is 9.62. The smallest absolute Gasteiger partial charge is 0.234 e. The number of hydrogen-bond acceptors (Lipinski definition) is 4. The summed E-state index contributed by atoms with van der Waals surface area (Å²) >= 11 is 0. The lowest BCUT2D eigenvalue weighted by atomic mass is 10.1. The molecule has 7 nitrogen and oxygen atoms in total. The van der Waals surface area contributed by atoms with Crippen molar-refractivity contribution < 1.29 is 4.79 Å². The van der Waals surface area contributed by atoms with Crippen molar-refractivity contribution in [2.75, 3.05) is 6.54 Å². The Morgan fingerprint density at radius 1 is 1.07 bits per heavy atom. The lowest BCUT2D eigenvalue weighted by Crippen LogP contribution is -2.43. The molecule has 2 atom stereocenters. The number of rotatable bonds is 5. The van der Waals surface area contributed by atoms with Crippen LogP contribution in [0.15, 0.2) is 48.5 Å². The van der Waals surface area contributed by atoms with Gasteiger partial charge in [0.2, 0.25) is 5.91 Å². The molecule has 5 rings (SSSR count). The topological polar surface area (TPSA) is 104 Å². The molecule has 142 valence electrons. The molecule has 2 unspecified atom stereocenters. The van der Waals surface area contributed by atoms with E-state index in [-0.39, 0.29) is 18.0 Å². The normalized spacial score (nSPS) is 18.8. The van der Waals surface area contributed by atoms with Gasteiger partial charge in [-0.3, -0.25) is 9.69 Å². The zero-order valence-electron chi connectivity index (χ0n) is 15.4. The van der Waals surface area contributed by atoms with Gasteiger partial charge in [-0.25, -0.2) is 9.97 Å². The molecule has 0 spiro atoms. The first-order chi connectivity index (χ1) is 13.7. The second kappa shape index (κ2) is 6.76. The van der Waals surface area contributed by atoms with Crippen molar-refractivity contribution in [1.29, 1.82) is 0 Å². The predicted molar refractivity (Wildman–Crippen MR) is 108 cm³/mol. The van der Waals surface area contributed by atoms with Gasteiger partial charge in [0, 0.05) is 6.42 Å². The third-order valence-electron chi connectivity index (χ3n) is 5.57. The monoisotopic (exact) mass is 374 g/mol. The standard InChI is InChI=1S/C21H22N6O/c22-20(28)17-10-5-11-27(17)18(21-25-15-8-3-4-9-16(15)26-21)12-19-23-13-6-1-2-7-14(13)24-19/h1-4,6-9,17-18H,5,10-12H2,(H2,22,28)(H,23,24)(H,25,26). The number of benzene rings is 2. The Kier molecular flexibility index (Phi) is 4.09. The molecule has 1 aliphatic heterocycles. The van der Waals surface area contributed by atoms with E-state index in [1.54, 1.807) is 0 Å². The Bertz CT molecular complexity index is 1080. The molecule has 2 aromatic carbocycles. The molecular formula is C21H22N6O. The third-order valence-corrected chi connectivity index (χ3v) is 5.57. The number of carbonyl (C=O) groups is 1. The molecule has 1 fully saturated rings. The lowest BCUT2D eigenvalue weighted by Gasteiger charge is -2.29. The summed E-state index contributed by atoms with van der Waals surface area (Å²) in [5.41, 5.74) is 9.55. The average Bonchev–Trinajstić information content (AvgIpc) is 3.42. The van der Waals surface area contributed by atoms with Crippen LogP contribution in [0.3, 0.4) is 0 Å². The SMILES string of the molecule is NC(=O)C1CCCN1C(Cc1nc2ccccc2[nH]1)c1nc2ccccc2[nH]1. The van der Waals surface area contributed by atoms with Crippen LogP contribution >= 0.6 is 0 Å². The molecule has 0 bridgehead atoms. The minimum atomic E-state index is -0.275. The number of fused-ring (bicyclic) bond motifs is 2. The first kappa shape index (κ1) is 16.9. The van der Waals surface area contributed by atoms with E-state index in [9.17, 15) is 4.79 Å². The number of carbonyl (C=O) groups excluding carboxylic acids is 1. The van der Waals surface area contributed by atoms with E-state index in [4.69, 9.17) is 15.7 Å². The molecule has 3 heterocycles. The van der Waals surface area contributed by atoms with Crippen LogP contribution in [-0.2, 0) is 11.2 Å². The number of para-hydroxylation sites is 4. The molecule has 1 aliphatic rings. The molecule has 2 aromatic heterocycles. The van der Waals surface area contributed by atoms with Gasteiger partial charge in [0.15, 0.2) is 0 Å². The number of nitrogens with two attached hydrogens (primary N) is 1. The van der Waals surface area contributed by atoms with Gasteiger partial charge in [0.25, 0.3) is 0 Å². The van der Waals surface area contributed by atoms with Crippen molar-refractivity contribution in [1.82, 2.24) is 24.8 Å². The number of primary amides is 1. The number of aromatic amines is 2. The highest BCUT2D eigenvalue weighted by Crippen LogP contribution is 2.32. The van der Waals surface area contributed by atoms with Gasteiger partial charge in [-0.1, -0.05) is 24.3 Å². The number of H-pyrrole nitrogens is 2. The molecule has 0 saturated carbocycles. The summed E-state index contributed by atoms with van der Waals surface area (Å²) in [6, 6.07) is 15.6. The van der Waals surface area contributed by atoms with E-state index in [1.807, 2.05) is 48.5 Å². The van der Waals surface area contributed by atoms with Crippen LogP contribution in [0.5, 0.6) is 0 Å². The van der Waals surface area contributed by atoms with Crippen molar-refractivity contribution >= 4 is 28.0 Å². The molecular weight excluding hydrogens is 352 g/mol. The van der Waals surface area contributed by atoms with Crippen LogP contribution < -0.4 is 5.73 Å². The fourth-order valence-electron chi connectivity index (χ4n) is 4.25. The van der Waals surface area contributed by atoms with Gasteiger partial charge < -0.3 is 15.7 Å². The summed E-state index contributed by atoms with van der Waals surface area (Å²) < 4.78 is 0. The maximum atomic E-state index is 12.0. The number of nitrogens with one attached hydrogen (secondary N) is 2. The maximum absolute atomic E-state index is 12.0. The lowest BCUT2D eigenvalue weighted by molar-refractivity contribution is -0.123. The number of imidazole rings is 2. The summed E-state index contributed by atoms with van der Waals surface area (Å²) in [4.78, 5) is 30.6. The minimum absolute atomic E-state index is 0.104. The van der Waals surface area contributed by atoms with E-state index in [2.05, 4.69) is 14.9 Å². The molecule has 0 radical (unpaired) electrons. The molecule has 4 aromatic rings. The van der Waals surface area contributed by atoms with E-state index < -0.39 is 0 Å². The third kappa shape index (κ3) is 2.93. The van der Waals surface area contributed by atoms with E-state index >= 15 is 0 Å². The van der Waals surface area contributed by atoms with Crippen molar-refractivity contribution in [2.24, 2.45) is 5.73 Å². The fraction of sp³-hybridized carbons (Fsp3) is 0.286. The Morgan fingerprint density at radius 3 is 2.43 bits per heavy atom.